The summed E-state index contributed by atoms with van der Waals surface area (Å²) >= 11 is 0. The van der Waals surface area contributed by atoms with Crippen LogP contribution in [0.2, 0.25) is 0 Å². The Morgan fingerprint density at radius 1 is 1.29 bits per heavy atom. The lowest BCUT2D eigenvalue weighted by Crippen LogP contribution is -2.47. The summed E-state index contributed by atoms with van der Waals surface area (Å²) in [6.07, 6.45) is 8.77. The first kappa shape index (κ1) is 16.7. The van der Waals surface area contributed by atoms with Crippen molar-refractivity contribution >= 4 is 5.91 Å². The third-order valence-electron chi connectivity index (χ3n) is 5.10. The summed E-state index contributed by atoms with van der Waals surface area (Å²) in [5, 5.41) is 0. The molecule has 0 spiro atoms. The number of benzene rings is 1. The summed E-state index contributed by atoms with van der Waals surface area (Å²) in [7, 11) is 0. The van der Waals surface area contributed by atoms with E-state index in [4.69, 9.17) is 0 Å². The van der Waals surface area contributed by atoms with Gasteiger partial charge in [-0.1, -0.05) is 30.3 Å². The second kappa shape index (κ2) is 7.65. The number of likely N-dealkylation sites (tertiary alicyclic amines) is 1. The number of nitrogens with zero attached hydrogens (tertiary/aromatic N) is 3. The number of aryl methyl sites for hydroxylation is 2. The normalized spacial score (nSPS) is 19.2. The van der Waals surface area contributed by atoms with E-state index < -0.39 is 0 Å². The van der Waals surface area contributed by atoms with E-state index in [0.717, 1.165) is 31.5 Å². The van der Waals surface area contributed by atoms with Crippen molar-refractivity contribution < 1.29 is 4.79 Å². The van der Waals surface area contributed by atoms with Crippen LogP contribution in [0.25, 0.3) is 0 Å². The van der Waals surface area contributed by atoms with Crippen LogP contribution in [-0.2, 0) is 11.2 Å². The highest BCUT2D eigenvalue weighted by molar-refractivity contribution is 5.77. The van der Waals surface area contributed by atoms with Crippen molar-refractivity contribution in [3.8, 4) is 0 Å². The van der Waals surface area contributed by atoms with Crippen molar-refractivity contribution in [2.24, 2.45) is 0 Å². The monoisotopic (exact) mass is 325 g/mol. The van der Waals surface area contributed by atoms with E-state index in [1.165, 1.54) is 12.0 Å². The molecule has 3 rings (SSSR count). The molecule has 1 aliphatic heterocycles. The van der Waals surface area contributed by atoms with Gasteiger partial charge in [0.25, 0.3) is 0 Å². The van der Waals surface area contributed by atoms with Gasteiger partial charge in [0.1, 0.15) is 0 Å². The minimum atomic E-state index is 0.271. The van der Waals surface area contributed by atoms with Gasteiger partial charge in [0.05, 0.1) is 24.1 Å². The largest absolute Gasteiger partial charge is 0.338 e. The molecule has 1 aromatic carbocycles. The van der Waals surface area contributed by atoms with Crippen LogP contribution in [0, 0.1) is 6.92 Å². The third-order valence-corrected chi connectivity index (χ3v) is 5.10. The number of aromatic nitrogens is 2. The minimum absolute atomic E-state index is 0.271. The van der Waals surface area contributed by atoms with Gasteiger partial charge in [0.15, 0.2) is 0 Å². The molecule has 2 unspecified atom stereocenters. The Morgan fingerprint density at radius 3 is 2.79 bits per heavy atom. The predicted octanol–water partition coefficient (Wildman–Crippen LogP) is 3.77. The number of carbonyl (C=O) groups is 1. The van der Waals surface area contributed by atoms with Crippen LogP contribution in [0.5, 0.6) is 0 Å². The van der Waals surface area contributed by atoms with Gasteiger partial charge in [-0.2, -0.15) is 0 Å². The lowest BCUT2D eigenvalue weighted by Gasteiger charge is -2.39. The zero-order valence-electron chi connectivity index (χ0n) is 14.7. The van der Waals surface area contributed by atoms with Gasteiger partial charge in [-0.3, -0.25) is 4.79 Å². The molecule has 4 nitrogen and oxygen atoms in total. The molecule has 0 bridgehead atoms. The number of rotatable bonds is 5. The number of imidazole rings is 1. The standard InChI is InChI=1S/C20H27N3O/c1-16-14-22(15-21-16)17(2)19-10-6-7-13-23(19)20(24)12-11-18-8-4-3-5-9-18/h3-5,8-9,14-15,17,19H,6-7,10-13H2,1-2H3. The van der Waals surface area contributed by atoms with Gasteiger partial charge in [0.2, 0.25) is 5.91 Å². The maximum absolute atomic E-state index is 12.8. The lowest BCUT2D eigenvalue weighted by molar-refractivity contribution is -0.135. The van der Waals surface area contributed by atoms with E-state index in [0.29, 0.717) is 6.42 Å². The van der Waals surface area contributed by atoms with Gasteiger partial charge >= 0.3 is 0 Å². The molecule has 1 aromatic heterocycles. The van der Waals surface area contributed by atoms with Crippen molar-refractivity contribution in [1.29, 1.82) is 0 Å². The first-order valence-electron chi connectivity index (χ1n) is 8.98. The molecule has 2 atom stereocenters. The molecule has 1 amide bonds. The molecule has 4 heteroatoms. The first-order chi connectivity index (χ1) is 11.6. The van der Waals surface area contributed by atoms with Crippen LogP contribution >= 0.6 is 0 Å². The fourth-order valence-corrected chi connectivity index (χ4v) is 3.67. The molecule has 0 radical (unpaired) electrons. The highest BCUT2D eigenvalue weighted by atomic mass is 16.2. The predicted molar refractivity (Wildman–Crippen MR) is 95.8 cm³/mol. The Labute approximate surface area is 144 Å². The Morgan fingerprint density at radius 2 is 2.08 bits per heavy atom. The lowest BCUT2D eigenvalue weighted by atomic mass is 9.95. The summed E-state index contributed by atoms with van der Waals surface area (Å²) in [6, 6.07) is 10.8. The Bertz CT molecular complexity index is 665. The van der Waals surface area contributed by atoms with Crippen molar-refractivity contribution in [3.63, 3.8) is 0 Å². The molecule has 128 valence electrons. The SMILES string of the molecule is Cc1cn(C(C)C2CCCCN2C(=O)CCc2ccccc2)cn1. The van der Waals surface area contributed by atoms with Crippen LogP contribution in [0.3, 0.4) is 0 Å². The van der Waals surface area contributed by atoms with Gasteiger partial charge < -0.3 is 9.47 Å². The number of amides is 1. The average molecular weight is 325 g/mol. The fraction of sp³-hybridized carbons (Fsp3) is 0.500. The summed E-state index contributed by atoms with van der Waals surface area (Å²) < 4.78 is 2.16. The van der Waals surface area contributed by atoms with Crippen LogP contribution in [-0.4, -0.2) is 32.9 Å². The smallest absolute Gasteiger partial charge is 0.223 e. The Balaban J connectivity index is 1.66. The first-order valence-corrected chi connectivity index (χ1v) is 8.98. The molecule has 0 N–H and O–H groups in total. The van der Waals surface area contributed by atoms with E-state index in [1.807, 2.05) is 31.5 Å². The molecule has 0 aliphatic carbocycles. The summed E-state index contributed by atoms with van der Waals surface area (Å²) in [5.41, 5.74) is 2.26. The van der Waals surface area contributed by atoms with Crippen LogP contribution in [0.15, 0.2) is 42.9 Å². The van der Waals surface area contributed by atoms with E-state index in [1.54, 1.807) is 0 Å². The summed E-state index contributed by atoms with van der Waals surface area (Å²) in [4.78, 5) is 19.3. The van der Waals surface area contributed by atoms with Crippen molar-refractivity contribution in [1.82, 2.24) is 14.5 Å². The number of hydrogen-bond donors (Lipinski definition) is 0. The molecular weight excluding hydrogens is 298 g/mol. The molecule has 1 fully saturated rings. The third kappa shape index (κ3) is 3.86. The molecule has 1 saturated heterocycles. The Kier molecular flexibility index (Phi) is 5.34. The van der Waals surface area contributed by atoms with Crippen molar-refractivity contribution in [3.05, 3.63) is 54.1 Å². The quantitative estimate of drug-likeness (QED) is 0.839. The van der Waals surface area contributed by atoms with Crippen molar-refractivity contribution in [2.75, 3.05) is 6.54 Å². The molecule has 24 heavy (non-hydrogen) atoms. The second-order valence-electron chi connectivity index (χ2n) is 6.84. The van der Waals surface area contributed by atoms with Crippen LogP contribution in [0.1, 0.15) is 49.9 Å². The molecule has 0 saturated carbocycles. The maximum atomic E-state index is 12.8. The average Bonchev–Trinajstić information content (AvgIpc) is 3.06. The van der Waals surface area contributed by atoms with Crippen molar-refractivity contribution in [2.45, 2.75) is 58.0 Å². The summed E-state index contributed by atoms with van der Waals surface area (Å²) in [5.74, 6) is 0.284. The van der Waals surface area contributed by atoms with E-state index in [2.05, 4.69) is 39.7 Å². The second-order valence-corrected chi connectivity index (χ2v) is 6.84. The highest BCUT2D eigenvalue weighted by Crippen LogP contribution is 2.27. The molecule has 2 heterocycles. The zero-order chi connectivity index (χ0) is 16.9. The number of carbonyl (C=O) groups excluding carboxylic acids is 1. The minimum Gasteiger partial charge on any atom is -0.338 e. The van der Waals surface area contributed by atoms with E-state index in [-0.39, 0.29) is 18.0 Å². The number of hydrogen-bond acceptors (Lipinski definition) is 2. The highest BCUT2D eigenvalue weighted by Gasteiger charge is 2.31. The van der Waals surface area contributed by atoms with Gasteiger partial charge in [-0.05, 0) is 45.1 Å². The maximum Gasteiger partial charge on any atom is 0.223 e. The Hall–Kier alpha value is -2.10. The van der Waals surface area contributed by atoms with Gasteiger partial charge in [0, 0.05) is 19.2 Å². The molecule has 1 aliphatic rings. The number of piperidine rings is 1. The fourth-order valence-electron chi connectivity index (χ4n) is 3.67. The van der Waals surface area contributed by atoms with Crippen LogP contribution < -0.4 is 0 Å². The van der Waals surface area contributed by atoms with Gasteiger partial charge in [-0.15, -0.1) is 0 Å². The topological polar surface area (TPSA) is 38.1 Å². The summed E-state index contributed by atoms with van der Waals surface area (Å²) in [6.45, 7) is 5.10. The molecular formula is C20H27N3O. The zero-order valence-corrected chi connectivity index (χ0v) is 14.7. The van der Waals surface area contributed by atoms with E-state index >= 15 is 0 Å². The van der Waals surface area contributed by atoms with Crippen LogP contribution in [0.4, 0.5) is 0 Å². The molecule has 2 aromatic rings. The van der Waals surface area contributed by atoms with E-state index in [9.17, 15) is 4.79 Å². The van der Waals surface area contributed by atoms with Gasteiger partial charge in [-0.25, -0.2) is 4.98 Å².